The second-order valence-corrected chi connectivity index (χ2v) is 7.25. The topological polar surface area (TPSA) is 54.0 Å². The first-order chi connectivity index (χ1) is 10.2. The number of thiophene rings is 1. The third-order valence-electron chi connectivity index (χ3n) is 3.80. The van der Waals surface area contributed by atoms with Gasteiger partial charge in [0.1, 0.15) is 5.01 Å². The van der Waals surface area contributed by atoms with Gasteiger partial charge in [-0.05, 0) is 30.3 Å². The van der Waals surface area contributed by atoms with Crippen molar-refractivity contribution in [2.24, 2.45) is 5.92 Å². The van der Waals surface area contributed by atoms with Crippen LogP contribution in [0.25, 0.3) is 9.88 Å². The number of piperidine rings is 1. The molecule has 128 valence electrons. The Bertz CT molecular complexity index is 604. The van der Waals surface area contributed by atoms with E-state index in [4.69, 9.17) is 0 Å². The summed E-state index contributed by atoms with van der Waals surface area (Å²) in [6, 6.07) is 4.31. The fourth-order valence-corrected chi connectivity index (χ4v) is 4.14. The predicted octanol–water partition coefficient (Wildman–Crippen LogP) is 3.37. The molecule has 2 unspecified atom stereocenters. The Morgan fingerprint density at radius 3 is 2.96 bits per heavy atom. The molecule has 1 aliphatic heterocycles. The Balaban J connectivity index is 0.00000132. The average molecular weight is 394 g/mol. The van der Waals surface area contributed by atoms with Crippen molar-refractivity contribution in [3.05, 3.63) is 28.6 Å². The molecule has 1 saturated heterocycles. The number of thiazole rings is 1. The second kappa shape index (κ2) is 9.59. The van der Waals surface area contributed by atoms with Crippen LogP contribution in [-0.2, 0) is 11.2 Å². The third-order valence-corrected chi connectivity index (χ3v) is 5.73. The van der Waals surface area contributed by atoms with E-state index in [-0.39, 0.29) is 36.8 Å². The van der Waals surface area contributed by atoms with E-state index < -0.39 is 0 Å². The maximum Gasteiger partial charge on any atom is 0.226 e. The molecule has 2 aromatic heterocycles. The van der Waals surface area contributed by atoms with Gasteiger partial charge in [0.2, 0.25) is 5.91 Å². The molecule has 3 rings (SSSR count). The molecular formula is C15H21Cl2N3OS2. The van der Waals surface area contributed by atoms with Gasteiger partial charge in [-0.25, -0.2) is 4.98 Å². The second-order valence-electron chi connectivity index (χ2n) is 5.44. The van der Waals surface area contributed by atoms with Gasteiger partial charge < -0.3 is 10.6 Å². The maximum atomic E-state index is 12.2. The normalized spacial score (nSPS) is 20.2. The molecule has 1 aliphatic rings. The van der Waals surface area contributed by atoms with Crippen molar-refractivity contribution in [2.45, 2.75) is 25.8 Å². The van der Waals surface area contributed by atoms with Crippen LogP contribution in [0.5, 0.6) is 0 Å². The third kappa shape index (κ3) is 5.43. The first-order valence-corrected chi connectivity index (χ1v) is 8.96. The summed E-state index contributed by atoms with van der Waals surface area (Å²) >= 11 is 3.28. The Hall–Kier alpha value is -0.660. The minimum absolute atomic E-state index is 0. The average Bonchev–Trinajstić information content (AvgIpc) is 3.12. The number of carbonyl (C=O) groups excluding carboxylic acids is 1. The van der Waals surface area contributed by atoms with Gasteiger partial charge in [0.25, 0.3) is 0 Å². The van der Waals surface area contributed by atoms with Crippen molar-refractivity contribution in [3.63, 3.8) is 0 Å². The number of halogens is 2. The van der Waals surface area contributed by atoms with Gasteiger partial charge in [0, 0.05) is 18.0 Å². The van der Waals surface area contributed by atoms with E-state index in [0.29, 0.717) is 12.3 Å². The van der Waals surface area contributed by atoms with Crippen LogP contribution in [0.15, 0.2) is 22.9 Å². The van der Waals surface area contributed by atoms with Gasteiger partial charge in [0.05, 0.1) is 17.0 Å². The van der Waals surface area contributed by atoms with Gasteiger partial charge in [-0.15, -0.1) is 47.5 Å². The smallest absolute Gasteiger partial charge is 0.226 e. The molecule has 2 atom stereocenters. The van der Waals surface area contributed by atoms with Crippen LogP contribution < -0.4 is 10.6 Å². The number of carbonyl (C=O) groups is 1. The number of amides is 1. The molecule has 1 fully saturated rings. The summed E-state index contributed by atoms with van der Waals surface area (Å²) in [6.45, 7) is 4.11. The fourth-order valence-electron chi connectivity index (χ4n) is 2.51. The van der Waals surface area contributed by atoms with Crippen molar-refractivity contribution in [1.29, 1.82) is 0 Å². The highest BCUT2D eigenvalue weighted by molar-refractivity contribution is 7.20. The number of hydrogen-bond donors (Lipinski definition) is 2. The first-order valence-electron chi connectivity index (χ1n) is 7.21. The summed E-state index contributed by atoms with van der Waals surface area (Å²) < 4.78 is 0. The van der Waals surface area contributed by atoms with Gasteiger partial charge in [-0.1, -0.05) is 13.0 Å². The monoisotopic (exact) mass is 393 g/mol. The zero-order chi connectivity index (χ0) is 14.7. The Morgan fingerprint density at radius 1 is 1.43 bits per heavy atom. The molecule has 0 saturated carbocycles. The summed E-state index contributed by atoms with van der Waals surface area (Å²) in [4.78, 5) is 17.9. The summed E-state index contributed by atoms with van der Waals surface area (Å²) in [5, 5.41) is 11.5. The Labute approximate surface area is 156 Å². The van der Waals surface area contributed by atoms with Crippen LogP contribution >= 0.6 is 47.5 Å². The van der Waals surface area contributed by atoms with Crippen molar-refractivity contribution in [2.75, 3.05) is 13.1 Å². The van der Waals surface area contributed by atoms with Gasteiger partial charge in [-0.2, -0.15) is 0 Å². The van der Waals surface area contributed by atoms with E-state index >= 15 is 0 Å². The van der Waals surface area contributed by atoms with Crippen molar-refractivity contribution < 1.29 is 4.79 Å². The van der Waals surface area contributed by atoms with E-state index in [2.05, 4.69) is 28.6 Å². The number of rotatable bonds is 4. The van der Waals surface area contributed by atoms with Crippen molar-refractivity contribution >= 4 is 53.4 Å². The minimum atomic E-state index is 0. The molecule has 0 aliphatic carbocycles. The molecular weight excluding hydrogens is 373 g/mol. The van der Waals surface area contributed by atoms with Gasteiger partial charge in [-0.3, -0.25) is 4.79 Å². The highest BCUT2D eigenvalue weighted by Gasteiger charge is 2.22. The van der Waals surface area contributed by atoms with Crippen LogP contribution in [0.1, 0.15) is 19.0 Å². The number of aromatic nitrogens is 1. The van der Waals surface area contributed by atoms with Crippen LogP contribution in [0.2, 0.25) is 0 Å². The molecule has 3 heterocycles. The molecule has 2 aromatic rings. The zero-order valence-corrected chi connectivity index (χ0v) is 16.0. The Kier molecular flexibility index (Phi) is 8.50. The minimum Gasteiger partial charge on any atom is -0.351 e. The Morgan fingerprint density at radius 2 is 2.26 bits per heavy atom. The zero-order valence-electron chi connectivity index (χ0n) is 12.8. The molecule has 23 heavy (non-hydrogen) atoms. The van der Waals surface area contributed by atoms with Crippen LogP contribution in [0, 0.1) is 5.92 Å². The number of hydrogen-bond acceptors (Lipinski definition) is 5. The lowest BCUT2D eigenvalue weighted by molar-refractivity contribution is -0.121. The molecule has 0 radical (unpaired) electrons. The molecule has 4 nitrogen and oxygen atoms in total. The highest BCUT2D eigenvalue weighted by Crippen LogP contribution is 2.27. The summed E-state index contributed by atoms with van der Waals surface area (Å²) in [7, 11) is 0. The maximum absolute atomic E-state index is 12.2. The van der Waals surface area contributed by atoms with E-state index in [0.717, 1.165) is 35.1 Å². The standard InChI is InChI=1S/C15H19N3OS2.2ClH/c1-10-4-5-16-8-12(10)18-14(19)7-11-9-21-15(17-11)13-3-2-6-20-13;;/h2-3,6,9-10,12,16H,4-5,7-8H2,1H3,(H,18,19);2*1H. The van der Waals surface area contributed by atoms with Crippen LogP contribution in [0.4, 0.5) is 0 Å². The lowest BCUT2D eigenvalue weighted by Gasteiger charge is -2.30. The van der Waals surface area contributed by atoms with Crippen molar-refractivity contribution in [3.8, 4) is 9.88 Å². The van der Waals surface area contributed by atoms with E-state index in [1.807, 2.05) is 16.8 Å². The van der Waals surface area contributed by atoms with Crippen LogP contribution in [-0.4, -0.2) is 30.0 Å². The summed E-state index contributed by atoms with van der Waals surface area (Å²) in [5.41, 5.74) is 0.859. The number of nitrogens with one attached hydrogen (secondary N) is 2. The summed E-state index contributed by atoms with van der Waals surface area (Å²) in [6.07, 6.45) is 1.48. The largest absolute Gasteiger partial charge is 0.351 e. The van der Waals surface area contributed by atoms with E-state index in [1.54, 1.807) is 22.7 Å². The molecule has 0 bridgehead atoms. The SMILES string of the molecule is CC1CCNCC1NC(=O)Cc1csc(-c2cccs2)n1.Cl.Cl. The molecule has 8 heteroatoms. The first kappa shape index (κ1) is 20.4. The van der Waals surface area contributed by atoms with E-state index in [9.17, 15) is 4.79 Å². The quantitative estimate of drug-likeness (QED) is 0.836. The molecule has 0 aromatic carbocycles. The lowest BCUT2D eigenvalue weighted by atomic mass is 9.95. The lowest BCUT2D eigenvalue weighted by Crippen LogP contribution is -2.50. The summed E-state index contributed by atoms with van der Waals surface area (Å²) in [5.74, 6) is 0.603. The molecule has 0 spiro atoms. The highest BCUT2D eigenvalue weighted by atomic mass is 35.5. The van der Waals surface area contributed by atoms with E-state index in [1.165, 1.54) is 0 Å². The van der Waals surface area contributed by atoms with Crippen molar-refractivity contribution in [1.82, 2.24) is 15.6 Å². The molecule has 2 N–H and O–H groups in total. The fraction of sp³-hybridized carbons (Fsp3) is 0.467. The number of nitrogens with zero attached hydrogens (tertiary/aromatic N) is 1. The molecule has 1 amide bonds. The van der Waals surface area contributed by atoms with Gasteiger partial charge >= 0.3 is 0 Å². The predicted molar refractivity (Wildman–Crippen MR) is 102 cm³/mol. The van der Waals surface area contributed by atoms with Crippen LogP contribution in [0.3, 0.4) is 0 Å². The van der Waals surface area contributed by atoms with Gasteiger partial charge in [0.15, 0.2) is 0 Å².